The van der Waals surface area contributed by atoms with E-state index in [0.29, 0.717) is 17.5 Å². The Morgan fingerprint density at radius 2 is 2.00 bits per heavy atom. The van der Waals surface area contributed by atoms with Crippen molar-refractivity contribution in [2.24, 2.45) is 0 Å². The molecule has 2 aromatic carbocycles. The first-order valence-corrected chi connectivity index (χ1v) is 13.8. The van der Waals surface area contributed by atoms with Crippen LogP contribution in [0.2, 0.25) is 0 Å². The number of unbranched alkanes of at least 4 members (excludes halogenated alkanes) is 2. The molecule has 3 heterocycles. The van der Waals surface area contributed by atoms with Crippen molar-refractivity contribution in [3.8, 4) is 0 Å². The molecule has 39 heavy (non-hydrogen) atoms. The summed E-state index contributed by atoms with van der Waals surface area (Å²) in [7, 11) is 0. The summed E-state index contributed by atoms with van der Waals surface area (Å²) in [5.74, 6) is -0.305. The number of dihydropyridines is 1. The van der Waals surface area contributed by atoms with Crippen LogP contribution in [-0.4, -0.2) is 46.9 Å². The van der Waals surface area contributed by atoms with E-state index >= 15 is 0 Å². The Labute approximate surface area is 228 Å². The molecule has 6 nitrogen and oxygen atoms in total. The van der Waals surface area contributed by atoms with Gasteiger partial charge in [0.15, 0.2) is 0 Å². The molecule has 1 saturated heterocycles. The topological polar surface area (TPSA) is 70.2 Å². The first-order chi connectivity index (χ1) is 19.1. The minimum Gasteiger partial charge on any atom is -0.362 e. The molecule has 0 bridgehead atoms. The summed E-state index contributed by atoms with van der Waals surface area (Å²) in [6.07, 6.45) is 14.2. The largest absolute Gasteiger partial charge is 0.362 e. The molecular formula is C32H35FN4O2. The summed E-state index contributed by atoms with van der Waals surface area (Å²) >= 11 is 0. The lowest BCUT2D eigenvalue weighted by atomic mass is 9.87. The van der Waals surface area contributed by atoms with E-state index in [0.717, 1.165) is 67.5 Å². The number of nitrogens with zero attached hydrogens (tertiary/aromatic N) is 2. The Morgan fingerprint density at radius 1 is 1.15 bits per heavy atom. The number of aromatic amines is 1. The van der Waals surface area contributed by atoms with Gasteiger partial charge in [-0.15, -0.1) is 0 Å². The highest BCUT2D eigenvalue weighted by Gasteiger charge is 2.19. The van der Waals surface area contributed by atoms with Gasteiger partial charge in [0.2, 0.25) is 11.9 Å². The summed E-state index contributed by atoms with van der Waals surface area (Å²) in [5.41, 5.74) is 5.91. The maximum absolute atomic E-state index is 14.4. The fraction of sp³-hybridized carbons (Fsp3) is 0.312. The monoisotopic (exact) mass is 526 g/mol. The molecule has 0 saturated carbocycles. The van der Waals surface area contributed by atoms with Gasteiger partial charge in [0, 0.05) is 25.9 Å². The molecule has 1 unspecified atom stereocenters. The van der Waals surface area contributed by atoms with Crippen molar-refractivity contribution in [1.82, 2.24) is 20.4 Å². The predicted octanol–water partition coefficient (Wildman–Crippen LogP) is 6.37. The highest BCUT2D eigenvalue weighted by molar-refractivity contribution is 6.01. The third-order valence-corrected chi connectivity index (χ3v) is 7.21. The van der Waals surface area contributed by atoms with Gasteiger partial charge in [0.25, 0.3) is 0 Å². The van der Waals surface area contributed by atoms with E-state index in [2.05, 4.69) is 40.6 Å². The standard InChI is InChI=1S/C32H35FN4O2/c1-2-26(23-11-6-5-7-12-23)31(24-14-16-28-27(21-24)32(33)36-35-28)25-15-17-29(34-22-25)39-20-9-4-3-8-13-30(38)37-18-10-19-37/h5-8,11-17,21-22,29,34H,2-4,9-10,18-20H2,1H3,(H,35,36)/b13-8+,31-26-. The van der Waals surface area contributed by atoms with Gasteiger partial charge in [0.05, 0.1) is 10.9 Å². The normalized spacial score (nSPS) is 17.6. The zero-order chi connectivity index (χ0) is 27.0. The number of ether oxygens (including phenoxy) is 1. The molecule has 3 aromatic rings. The molecule has 0 spiro atoms. The quantitative estimate of drug-likeness (QED) is 0.173. The summed E-state index contributed by atoms with van der Waals surface area (Å²) < 4.78 is 20.4. The van der Waals surface area contributed by atoms with Crippen LogP contribution in [-0.2, 0) is 9.53 Å². The zero-order valence-electron chi connectivity index (χ0n) is 22.3. The second kappa shape index (κ2) is 12.7. The fourth-order valence-electron chi connectivity index (χ4n) is 4.94. The summed E-state index contributed by atoms with van der Waals surface area (Å²) in [6.45, 7) is 4.54. The van der Waals surface area contributed by atoms with Gasteiger partial charge in [-0.2, -0.15) is 9.49 Å². The maximum Gasteiger partial charge on any atom is 0.246 e. The van der Waals surface area contributed by atoms with Gasteiger partial charge in [0.1, 0.15) is 6.23 Å². The van der Waals surface area contributed by atoms with Crippen molar-refractivity contribution in [3.05, 3.63) is 102 Å². The molecule has 2 aliphatic rings. The molecule has 0 radical (unpaired) electrons. The molecule has 1 atom stereocenters. The van der Waals surface area contributed by atoms with Gasteiger partial charge in [-0.25, -0.2) is 0 Å². The Morgan fingerprint density at radius 3 is 2.72 bits per heavy atom. The van der Waals surface area contributed by atoms with E-state index < -0.39 is 5.95 Å². The molecule has 7 heteroatoms. The van der Waals surface area contributed by atoms with Crippen LogP contribution in [0.25, 0.3) is 22.0 Å². The minimum absolute atomic E-state index is 0.123. The minimum atomic E-state index is -0.429. The van der Waals surface area contributed by atoms with Gasteiger partial charge < -0.3 is 15.0 Å². The van der Waals surface area contributed by atoms with Crippen molar-refractivity contribution in [1.29, 1.82) is 0 Å². The Hall–Kier alpha value is -3.97. The molecule has 1 aromatic heterocycles. The highest BCUT2D eigenvalue weighted by Crippen LogP contribution is 2.36. The summed E-state index contributed by atoms with van der Waals surface area (Å²) in [4.78, 5) is 13.7. The first kappa shape index (κ1) is 26.6. The Balaban J connectivity index is 1.24. The lowest BCUT2D eigenvalue weighted by molar-refractivity contribution is -0.129. The van der Waals surface area contributed by atoms with E-state index in [1.807, 2.05) is 59.7 Å². The van der Waals surface area contributed by atoms with Crippen molar-refractivity contribution in [3.63, 3.8) is 0 Å². The zero-order valence-corrected chi connectivity index (χ0v) is 22.3. The number of fused-ring (bicyclic) bond motifs is 1. The fourth-order valence-corrected chi connectivity index (χ4v) is 4.94. The van der Waals surface area contributed by atoms with Crippen molar-refractivity contribution in [2.75, 3.05) is 19.7 Å². The van der Waals surface area contributed by atoms with Crippen LogP contribution in [0.15, 0.2) is 84.6 Å². The van der Waals surface area contributed by atoms with Crippen LogP contribution in [0.3, 0.4) is 0 Å². The van der Waals surface area contributed by atoms with E-state index in [-0.39, 0.29) is 12.1 Å². The lowest BCUT2D eigenvalue weighted by Gasteiger charge is -2.29. The SMILES string of the molecule is CC/C(=C(/C1=CNC(OCCCC/C=C/C(=O)N2CCC2)C=C1)c1ccc2n[nH]c(F)c2c1)c1ccccc1. The van der Waals surface area contributed by atoms with Crippen LogP contribution in [0.1, 0.15) is 50.2 Å². The molecule has 2 aliphatic heterocycles. The lowest BCUT2D eigenvalue weighted by Crippen LogP contribution is -2.41. The van der Waals surface area contributed by atoms with Crippen molar-refractivity contribution < 1.29 is 13.9 Å². The van der Waals surface area contributed by atoms with Crippen LogP contribution in [0.5, 0.6) is 0 Å². The second-order valence-electron chi connectivity index (χ2n) is 9.84. The number of rotatable bonds is 11. The first-order valence-electron chi connectivity index (χ1n) is 13.8. The predicted molar refractivity (Wildman–Crippen MR) is 154 cm³/mol. The van der Waals surface area contributed by atoms with E-state index in [9.17, 15) is 9.18 Å². The number of benzene rings is 2. The van der Waals surface area contributed by atoms with Gasteiger partial charge in [-0.1, -0.05) is 55.5 Å². The number of hydrogen-bond donors (Lipinski definition) is 2. The van der Waals surface area contributed by atoms with Crippen LogP contribution in [0.4, 0.5) is 4.39 Å². The van der Waals surface area contributed by atoms with Gasteiger partial charge >= 0.3 is 0 Å². The third kappa shape index (κ3) is 6.37. The van der Waals surface area contributed by atoms with Crippen molar-refractivity contribution >= 4 is 28.0 Å². The molecule has 5 rings (SSSR count). The number of halogens is 1. The van der Waals surface area contributed by atoms with Crippen LogP contribution in [0, 0.1) is 5.95 Å². The van der Waals surface area contributed by atoms with Crippen molar-refractivity contribution in [2.45, 2.75) is 45.3 Å². The average Bonchev–Trinajstić information content (AvgIpc) is 3.31. The molecule has 2 N–H and O–H groups in total. The highest BCUT2D eigenvalue weighted by atomic mass is 19.1. The van der Waals surface area contributed by atoms with Crippen LogP contribution < -0.4 is 5.32 Å². The summed E-state index contributed by atoms with van der Waals surface area (Å²) in [5, 5.41) is 10.3. The summed E-state index contributed by atoms with van der Waals surface area (Å²) in [6, 6.07) is 16.0. The number of carbonyl (C=O) groups is 1. The molecule has 202 valence electrons. The van der Waals surface area contributed by atoms with Crippen LogP contribution >= 0.6 is 0 Å². The number of aromatic nitrogens is 2. The average molecular weight is 527 g/mol. The molecule has 0 aliphatic carbocycles. The number of allylic oxidation sites excluding steroid dienone is 5. The van der Waals surface area contributed by atoms with E-state index in [1.54, 1.807) is 6.08 Å². The van der Waals surface area contributed by atoms with Gasteiger partial charge in [-0.3, -0.25) is 9.89 Å². The number of likely N-dealkylation sites (tertiary alicyclic amines) is 1. The molecular weight excluding hydrogens is 491 g/mol. The number of nitrogens with one attached hydrogen (secondary N) is 2. The van der Waals surface area contributed by atoms with Gasteiger partial charge in [-0.05, 0) is 84.2 Å². The number of hydrogen-bond acceptors (Lipinski definition) is 4. The van der Waals surface area contributed by atoms with E-state index in [1.165, 1.54) is 5.57 Å². The number of carbonyl (C=O) groups excluding carboxylic acids is 1. The molecule has 1 fully saturated rings. The molecule has 1 amide bonds. The third-order valence-electron chi connectivity index (χ3n) is 7.21. The smallest absolute Gasteiger partial charge is 0.246 e. The number of H-pyrrole nitrogens is 1. The second-order valence-corrected chi connectivity index (χ2v) is 9.84. The maximum atomic E-state index is 14.4. The Bertz CT molecular complexity index is 1420. The number of amides is 1. The Kier molecular flexibility index (Phi) is 8.68. The van der Waals surface area contributed by atoms with E-state index in [4.69, 9.17) is 4.74 Å².